The Hall–Kier alpha value is -1.68. The van der Waals surface area contributed by atoms with Gasteiger partial charge >= 0.3 is 5.97 Å². The molecule has 0 radical (unpaired) electrons. The Morgan fingerprint density at radius 3 is 2.63 bits per heavy atom. The van der Waals surface area contributed by atoms with Gasteiger partial charge in [0.2, 0.25) is 0 Å². The second kappa shape index (κ2) is 5.53. The first-order valence-electron chi connectivity index (χ1n) is 6.36. The summed E-state index contributed by atoms with van der Waals surface area (Å²) in [6.45, 7) is 6.13. The van der Waals surface area contributed by atoms with Crippen LogP contribution in [-0.4, -0.2) is 16.1 Å². The monoisotopic (exact) mass is 275 g/mol. The zero-order valence-electron chi connectivity index (χ0n) is 11.3. The summed E-state index contributed by atoms with van der Waals surface area (Å²) in [7, 11) is 0. The largest absolute Gasteiger partial charge is 0.476 e. The van der Waals surface area contributed by atoms with Gasteiger partial charge in [0.1, 0.15) is 0 Å². The van der Waals surface area contributed by atoms with Crippen LogP contribution in [-0.2, 0) is 6.42 Å². The summed E-state index contributed by atoms with van der Waals surface area (Å²) in [4.78, 5) is 16.4. The van der Waals surface area contributed by atoms with Crippen molar-refractivity contribution in [1.29, 1.82) is 0 Å². The molecule has 1 N–H and O–H groups in total. The molecule has 19 heavy (non-hydrogen) atoms. The maximum absolute atomic E-state index is 11.4. The van der Waals surface area contributed by atoms with E-state index in [1.165, 1.54) is 11.3 Å². The molecule has 0 bridgehead atoms. The van der Waals surface area contributed by atoms with Crippen LogP contribution in [0.3, 0.4) is 0 Å². The molecule has 0 saturated carbocycles. The first kappa shape index (κ1) is 13.7. The van der Waals surface area contributed by atoms with Crippen molar-refractivity contribution in [1.82, 2.24) is 4.98 Å². The molecule has 0 atom stereocenters. The number of nitrogens with zero attached hydrogens (tertiary/aromatic N) is 1. The van der Waals surface area contributed by atoms with Crippen molar-refractivity contribution in [2.45, 2.75) is 33.1 Å². The number of rotatable bonds is 4. The second-order valence-corrected chi connectivity index (χ2v) is 5.73. The number of aromatic nitrogens is 1. The lowest BCUT2D eigenvalue weighted by molar-refractivity contribution is 0.0692. The number of carboxylic acid groups (broad SMARTS) is 1. The molecule has 0 aliphatic carbocycles. The fourth-order valence-electron chi connectivity index (χ4n) is 1.96. The molecule has 4 heteroatoms. The summed E-state index contributed by atoms with van der Waals surface area (Å²) in [5.41, 5.74) is 2.32. The zero-order valence-corrected chi connectivity index (χ0v) is 12.1. The Morgan fingerprint density at radius 1 is 1.37 bits per heavy atom. The summed E-state index contributed by atoms with van der Waals surface area (Å²) in [5.74, 6) is -0.713. The van der Waals surface area contributed by atoms with Crippen LogP contribution in [0.5, 0.6) is 0 Å². The Morgan fingerprint density at radius 2 is 2.05 bits per heavy atom. The number of thiazole rings is 1. The van der Waals surface area contributed by atoms with E-state index in [2.05, 4.69) is 11.9 Å². The summed E-state index contributed by atoms with van der Waals surface area (Å²) >= 11 is 1.49. The van der Waals surface area contributed by atoms with Gasteiger partial charge in [-0.05, 0) is 17.5 Å². The molecule has 0 aliphatic heterocycles. The van der Waals surface area contributed by atoms with Crippen molar-refractivity contribution >= 4 is 17.3 Å². The molecular formula is C15H17NO2S. The Balaban J connectivity index is 2.63. The maximum Gasteiger partial charge on any atom is 0.356 e. The average molecular weight is 275 g/mol. The SMILES string of the molecule is CCc1ccccc1-c1sc(C(C)C)nc1C(=O)O. The first-order chi connectivity index (χ1) is 9.04. The third-order valence-electron chi connectivity index (χ3n) is 2.98. The maximum atomic E-state index is 11.4. The van der Waals surface area contributed by atoms with E-state index in [1.807, 2.05) is 38.1 Å². The molecule has 0 saturated heterocycles. The Labute approximate surface area is 116 Å². The lowest BCUT2D eigenvalue weighted by Gasteiger charge is -2.05. The van der Waals surface area contributed by atoms with Gasteiger partial charge in [-0.2, -0.15) is 0 Å². The summed E-state index contributed by atoms with van der Waals surface area (Å²) in [5, 5.41) is 10.2. The van der Waals surface area contributed by atoms with Gasteiger partial charge in [-0.25, -0.2) is 9.78 Å². The van der Waals surface area contributed by atoms with Gasteiger partial charge in [-0.3, -0.25) is 0 Å². The summed E-state index contributed by atoms with van der Waals surface area (Å²) < 4.78 is 0. The van der Waals surface area contributed by atoms with E-state index in [0.29, 0.717) is 0 Å². The standard InChI is InChI=1S/C15H17NO2S/c1-4-10-7-5-6-8-11(10)13-12(15(17)18)16-14(19-13)9(2)3/h5-9H,4H2,1-3H3,(H,17,18). The quantitative estimate of drug-likeness (QED) is 0.910. The van der Waals surface area contributed by atoms with Crippen molar-refractivity contribution in [3.8, 4) is 10.4 Å². The van der Waals surface area contributed by atoms with Crippen molar-refractivity contribution in [2.75, 3.05) is 0 Å². The highest BCUT2D eigenvalue weighted by molar-refractivity contribution is 7.15. The van der Waals surface area contributed by atoms with Crippen molar-refractivity contribution < 1.29 is 9.90 Å². The predicted octanol–water partition coefficient (Wildman–Crippen LogP) is 4.19. The molecule has 0 unspecified atom stereocenters. The topological polar surface area (TPSA) is 50.2 Å². The molecule has 1 aromatic carbocycles. The molecular weight excluding hydrogens is 258 g/mol. The lowest BCUT2D eigenvalue weighted by Crippen LogP contribution is -2.00. The van der Waals surface area contributed by atoms with Crippen LogP contribution in [0.1, 0.15) is 47.7 Å². The van der Waals surface area contributed by atoms with E-state index in [0.717, 1.165) is 27.4 Å². The molecule has 3 nitrogen and oxygen atoms in total. The molecule has 100 valence electrons. The van der Waals surface area contributed by atoms with Gasteiger partial charge in [0.05, 0.1) is 9.88 Å². The summed E-state index contributed by atoms with van der Waals surface area (Å²) in [6.07, 6.45) is 0.879. The zero-order chi connectivity index (χ0) is 14.0. The van der Waals surface area contributed by atoms with Gasteiger partial charge in [0.15, 0.2) is 5.69 Å². The van der Waals surface area contributed by atoms with E-state index in [4.69, 9.17) is 0 Å². The van der Waals surface area contributed by atoms with E-state index < -0.39 is 5.97 Å². The molecule has 0 spiro atoms. The normalized spacial score (nSPS) is 10.9. The van der Waals surface area contributed by atoms with E-state index in [1.54, 1.807) is 0 Å². The average Bonchev–Trinajstić information content (AvgIpc) is 2.83. The number of hydrogen-bond acceptors (Lipinski definition) is 3. The van der Waals surface area contributed by atoms with Gasteiger partial charge in [-0.15, -0.1) is 11.3 Å². The lowest BCUT2D eigenvalue weighted by atomic mass is 10.0. The minimum absolute atomic E-state index is 0.176. The number of benzene rings is 1. The van der Waals surface area contributed by atoms with Crippen molar-refractivity contribution in [2.24, 2.45) is 0 Å². The van der Waals surface area contributed by atoms with Crippen molar-refractivity contribution in [3.63, 3.8) is 0 Å². The fourth-order valence-corrected chi connectivity index (χ4v) is 3.08. The van der Waals surface area contributed by atoms with Gasteiger partial charge in [0, 0.05) is 5.92 Å². The predicted molar refractivity (Wildman–Crippen MR) is 78.0 cm³/mol. The number of aromatic carboxylic acids is 1. The minimum atomic E-state index is -0.955. The Kier molecular flexibility index (Phi) is 4.00. The first-order valence-corrected chi connectivity index (χ1v) is 7.18. The number of carboxylic acids is 1. The molecule has 2 rings (SSSR count). The highest BCUT2D eigenvalue weighted by Crippen LogP contribution is 2.35. The number of carbonyl (C=O) groups is 1. The minimum Gasteiger partial charge on any atom is -0.476 e. The number of aryl methyl sites for hydroxylation is 1. The number of hydrogen-bond donors (Lipinski definition) is 1. The van der Waals surface area contributed by atoms with Crippen LogP contribution in [0.2, 0.25) is 0 Å². The third-order valence-corrected chi connectivity index (χ3v) is 4.37. The van der Waals surface area contributed by atoms with Gasteiger partial charge < -0.3 is 5.11 Å². The van der Waals surface area contributed by atoms with Crippen LogP contribution in [0.25, 0.3) is 10.4 Å². The fraction of sp³-hybridized carbons (Fsp3) is 0.333. The van der Waals surface area contributed by atoms with Crippen LogP contribution < -0.4 is 0 Å². The second-order valence-electron chi connectivity index (χ2n) is 4.70. The third kappa shape index (κ3) is 2.68. The molecule has 0 amide bonds. The molecule has 2 aromatic rings. The molecule has 0 aliphatic rings. The smallest absolute Gasteiger partial charge is 0.356 e. The molecule has 0 fully saturated rings. The molecule has 1 aromatic heterocycles. The Bertz CT molecular complexity index is 602. The van der Waals surface area contributed by atoms with Crippen LogP contribution in [0, 0.1) is 0 Å². The molecule has 1 heterocycles. The van der Waals surface area contributed by atoms with E-state index in [9.17, 15) is 9.90 Å². The highest BCUT2D eigenvalue weighted by Gasteiger charge is 2.21. The van der Waals surface area contributed by atoms with Crippen LogP contribution in [0.4, 0.5) is 0 Å². The van der Waals surface area contributed by atoms with Crippen LogP contribution in [0.15, 0.2) is 24.3 Å². The highest BCUT2D eigenvalue weighted by atomic mass is 32.1. The summed E-state index contributed by atoms with van der Waals surface area (Å²) in [6, 6.07) is 7.93. The van der Waals surface area contributed by atoms with Crippen molar-refractivity contribution in [3.05, 3.63) is 40.5 Å². The van der Waals surface area contributed by atoms with Gasteiger partial charge in [0.25, 0.3) is 0 Å². The van der Waals surface area contributed by atoms with Gasteiger partial charge in [-0.1, -0.05) is 45.0 Å². The van der Waals surface area contributed by atoms with E-state index in [-0.39, 0.29) is 11.6 Å². The van der Waals surface area contributed by atoms with Crippen LogP contribution >= 0.6 is 11.3 Å². The van der Waals surface area contributed by atoms with E-state index >= 15 is 0 Å².